The Labute approximate surface area is 111 Å². The van der Waals surface area contributed by atoms with Gasteiger partial charge in [-0.1, -0.05) is 24.3 Å². The van der Waals surface area contributed by atoms with Gasteiger partial charge in [0.25, 0.3) is 0 Å². The van der Waals surface area contributed by atoms with Gasteiger partial charge in [0.15, 0.2) is 5.78 Å². The first-order valence-electron chi connectivity index (χ1n) is 6.38. The molecule has 2 aromatic rings. The zero-order valence-corrected chi connectivity index (χ0v) is 10.4. The number of ketones is 2. The van der Waals surface area contributed by atoms with Crippen LogP contribution in [0.4, 0.5) is 0 Å². The molecule has 1 aliphatic rings. The molecule has 1 aliphatic carbocycles. The van der Waals surface area contributed by atoms with Gasteiger partial charge in [-0.05, 0) is 30.5 Å². The van der Waals surface area contributed by atoms with Crippen LogP contribution in [0.25, 0.3) is 0 Å². The lowest BCUT2D eigenvalue weighted by Gasteiger charge is -2.17. The number of fused-ring (bicyclic) bond motifs is 1. The largest absolute Gasteiger partial charge is 0.294 e. The van der Waals surface area contributed by atoms with Gasteiger partial charge >= 0.3 is 0 Å². The first-order valence-corrected chi connectivity index (χ1v) is 6.38. The van der Waals surface area contributed by atoms with Crippen LogP contribution in [-0.4, -0.2) is 16.6 Å². The lowest BCUT2D eigenvalue weighted by molar-refractivity contribution is 0.0972. The average molecular weight is 251 g/mol. The second-order valence-electron chi connectivity index (χ2n) is 4.65. The van der Waals surface area contributed by atoms with E-state index in [1.165, 1.54) is 0 Å². The summed E-state index contributed by atoms with van der Waals surface area (Å²) in [7, 11) is 0. The summed E-state index contributed by atoms with van der Waals surface area (Å²) < 4.78 is 0. The Kier molecular flexibility index (Phi) is 2.95. The number of Topliss-reactive ketones (excluding diaryl/α,β-unsaturated/α-hetero) is 1. The highest BCUT2D eigenvalue weighted by Crippen LogP contribution is 2.25. The smallest absolute Gasteiger partial charge is 0.211 e. The molecule has 0 amide bonds. The van der Waals surface area contributed by atoms with Gasteiger partial charge in [-0.2, -0.15) is 0 Å². The van der Waals surface area contributed by atoms with Crippen molar-refractivity contribution in [3.8, 4) is 0 Å². The summed E-state index contributed by atoms with van der Waals surface area (Å²) in [6.45, 7) is 0. The van der Waals surface area contributed by atoms with Crippen LogP contribution in [0.1, 0.15) is 44.8 Å². The second kappa shape index (κ2) is 4.76. The molecule has 1 aromatic carbocycles. The molecule has 0 unspecified atom stereocenters. The molecule has 3 nitrogen and oxygen atoms in total. The molecule has 0 atom stereocenters. The first-order chi connectivity index (χ1) is 9.27. The number of benzene rings is 1. The highest BCUT2D eigenvalue weighted by atomic mass is 16.1. The number of aromatic nitrogens is 1. The van der Waals surface area contributed by atoms with Crippen molar-refractivity contribution >= 4 is 11.6 Å². The predicted octanol–water partition coefficient (Wildman–Crippen LogP) is 2.83. The van der Waals surface area contributed by atoms with Crippen molar-refractivity contribution in [2.24, 2.45) is 0 Å². The number of pyridine rings is 1. The monoisotopic (exact) mass is 251 g/mol. The molecule has 0 radical (unpaired) electrons. The Hall–Kier alpha value is -2.29. The van der Waals surface area contributed by atoms with Gasteiger partial charge in [-0.15, -0.1) is 0 Å². The van der Waals surface area contributed by atoms with Crippen LogP contribution in [0.5, 0.6) is 0 Å². The van der Waals surface area contributed by atoms with E-state index in [-0.39, 0.29) is 11.6 Å². The normalized spacial score (nSPS) is 14.0. The van der Waals surface area contributed by atoms with Gasteiger partial charge < -0.3 is 0 Å². The van der Waals surface area contributed by atoms with Crippen LogP contribution in [0.2, 0.25) is 0 Å². The molecular formula is C16H13NO2. The summed E-state index contributed by atoms with van der Waals surface area (Å²) in [5.41, 5.74) is 2.63. The number of hydrogen-bond donors (Lipinski definition) is 0. The van der Waals surface area contributed by atoms with Gasteiger partial charge in [0.1, 0.15) is 5.69 Å². The van der Waals surface area contributed by atoms with E-state index in [0.717, 1.165) is 18.4 Å². The van der Waals surface area contributed by atoms with Gasteiger partial charge in [0, 0.05) is 23.7 Å². The molecule has 0 spiro atoms. The zero-order chi connectivity index (χ0) is 13.2. The van der Waals surface area contributed by atoms with E-state index in [0.29, 0.717) is 23.2 Å². The summed E-state index contributed by atoms with van der Waals surface area (Å²) >= 11 is 0. The predicted molar refractivity (Wildman–Crippen MR) is 71.4 cm³/mol. The third-order valence-corrected chi connectivity index (χ3v) is 3.45. The number of nitrogens with zero attached hydrogens (tertiary/aromatic N) is 1. The van der Waals surface area contributed by atoms with E-state index in [1.807, 2.05) is 6.07 Å². The standard InChI is InChI=1S/C16H13NO2/c18-15-9-4-5-11-12(15)6-3-7-13(11)16(19)14-8-1-2-10-17-14/h1-3,6-8,10H,4-5,9H2. The second-order valence-corrected chi connectivity index (χ2v) is 4.65. The zero-order valence-electron chi connectivity index (χ0n) is 10.4. The van der Waals surface area contributed by atoms with Crippen molar-refractivity contribution in [2.75, 3.05) is 0 Å². The molecule has 0 N–H and O–H groups in total. The quantitative estimate of drug-likeness (QED) is 0.771. The van der Waals surface area contributed by atoms with Crippen LogP contribution in [-0.2, 0) is 6.42 Å². The minimum atomic E-state index is -0.104. The fourth-order valence-electron chi connectivity index (χ4n) is 2.53. The van der Waals surface area contributed by atoms with Crippen LogP contribution in [0.3, 0.4) is 0 Å². The van der Waals surface area contributed by atoms with Gasteiger partial charge in [-0.3, -0.25) is 14.6 Å². The van der Waals surface area contributed by atoms with E-state index in [9.17, 15) is 9.59 Å². The topological polar surface area (TPSA) is 47.0 Å². The maximum atomic E-state index is 12.5. The van der Waals surface area contributed by atoms with Crippen molar-refractivity contribution in [1.29, 1.82) is 0 Å². The van der Waals surface area contributed by atoms with Crippen LogP contribution in [0.15, 0.2) is 42.6 Å². The Morgan fingerprint density at radius 1 is 1.05 bits per heavy atom. The van der Waals surface area contributed by atoms with E-state index >= 15 is 0 Å². The maximum Gasteiger partial charge on any atom is 0.211 e. The van der Waals surface area contributed by atoms with Gasteiger partial charge in [0.2, 0.25) is 5.78 Å². The summed E-state index contributed by atoms with van der Waals surface area (Å²) in [4.78, 5) is 28.4. The van der Waals surface area contributed by atoms with E-state index in [2.05, 4.69) is 4.98 Å². The third kappa shape index (κ3) is 2.08. The third-order valence-electron chi connectivity index (χ3n) is 3.45. The fourth-order valence-corrected chi connectivity index (χ4v) is 2.53. The highest BCUT2D eigenvalue weighted by Gasteiger charge is 2.23. The minimum Gasteiger partial charge on any atom is -0.294 e. The van der Waals surface area contributed by atoms with Crippen molar-refractivity contribution in [3.05, 3.63) is 65.0 Å². The van der Waals surface area contributed by atoms with Gasteiger partial charge in [-0.25, -0.2) is 0 Å². The average Bonchev–Trinajstić information content (AvgIpc) is 2.47. The van der Waals surface area contributed by atoms with Crippen molar-refractivity contribution < 1.29 is 9.59 Å². The number of rotatable bonds is 2. The molecule has 19 heavy (non-hydrogen) atoms. The Morgan fingerprint density at radius 2 is 1.95 bits per heavy atom. The molecule has 0 aliphatic heterocycles. The highest BCUT2D eigenvalue weighted by molar-refractivity contribution is 6.11. The Bertz CT molecular complexity index is 647. The van der Waals surface area contributed by atoms with Gasteiger partial charge in [0.05, 0.1) is 0 Å². The number of carbonyl (C=O) groups is 2. The van der Waals surface area contributed by atoms with E-state index < -0.39 is 0 Å². The van der Waals surface area contributed by atoms with Crippen LogP contribution in [0, 0.1) is 0 Å². The summed E-state index contributed by atoms with van der Waals surface area (Å²) in [5.74, 6) is 0.0315. The molecule has 0 saturated heterocycles. The maximum absolute atomic E-state index is 12.5. The molecule has 94 valence electrons. The summed E-state index contributed by atoms with van der Waals surface area (Å²) in [5, 5.41) is 0. The molecule has 3 rings (SSSR count). The molecule has 1 aromatic heterocycles. The van der Waals surface area contributed by atoms with E-state index in [1.54, 1.807) is 36.5 Å². The molecule has 0 saturated carbocycles. The molecule has 3 heteroatoms. The molecule has 0 bridgehead atoms. The molecule has 1 heterocycles. The summed E-state index contributed by atoms with van der Waals surface area (Å²) in [6.07, 6.45) is 3.79. The van der Waals surface area contributed by atoms with Crippen molar-refractivity contribution in [3.63, 3.8) is 0 Å². The van der Waals surface area contributed by atoms with E-state index in [4.69, 9.17) is 0 Å². The molecular weight excluding hydrogens is 238 g/mol. The lowest BCUT2D eigenvalue weighted by Crippen LogP contribution is -2.16. The minimum absolute atomic E-state index is 0.104. The van der Waals surface area contributed by atoms with Crippen molar-refractivity contribution in [2.45, 2.75) is 19.3 Å². The SMILES string of the molecule is O=C1CCCc2c1cccc2C(=O)c1ccccn1. The Morgan fingerprint density at radius 3 is 2.74 bits per heavy atom. The number of carbonyl (C=O) groups excluding carboxylic acids is 2. The lowest BCUT2D eigenvalue weighted by atomic mass is 9.85. The fraction of sp³-hybridized carbons (Fsp3) is 0.188. The Balaban J connectivity index is 2.09. The first kappa shape index (κ1) is 11.8. The van der Waals surface area contributed by atoms with Crippen LogP contribution < -0.4 is 0 Å². The molecule has 0 fully saturated rings. The summed E-state index contributed by atoms with van der Waals surface area (Å²) in [6, 6.07) is 10.6. The number of hydrogen-bond acceptors (Lipinski definition) is 3. The van der Waals surface area contributed by atoms with Crippen LogP contribution >= 0.6 is 0 Å². The van der Waals surface area contributed by atoms with Crippen molar-refractivity contribution in [1.82, 2.24) is 4.98 Å².